The smallest absolute Gasteiger partial charge is 0.231 e. The van der Waals surface area contributed by atoms with Gasteiger partial charge in [-0.05, 0) is 92.2 Å². The van der Waals surface area contributed by atoms with Gasteiger partial charge in [0.05, 0.1) is 19.6 Å². The lowest BCUT2D eigenvalue weighted by Gasteiger charge is -2.36. The van der Waals surface area contributed by atoms with E-state index in [4.69, 9.17) is 19.4 Å². The third-order valence-corrected chi connectivity index (χ3v) is 9.06. The molecule has 4 aliphatic carbocycles. The van der Waals surface area contributed by atoms with Gasteiger partial charge in [0.15, 0.2) is 5.65 Å². The van der Waals surface area contributed by atoms with E-state index in [2.05, 4.69) is 23.6 Å². The Morgan fingerprint density at radius 3 is 2.37 bits per heavy atom. The number of anilines is 2. The van der Waals surface area contributed by atoms with Gasteiger partial charge in [-0.1, -0.05) is 19.8 Å². The van der Waals surface area contributed by atoms with Crippen molar-refractivity contribution in [1.29, 1.82) is 0 Å². The van der Waals surface area contributed by atoms with Crippen LogP contribution in [0.5, 0.6) is 11.5 Å². The van der Waals surface area contributed by atoms with Gasteiger partial charge in [-0.25, -0.2) is 9.97 Å². The average molecular weight is 515 g/mol. The number of nitrogens with one attached hydrogen (secondary N) is 2. The number of carbonyl (C=O) groups is 1. The fourth-order valence-electron chi connectivity index (χ4n) is 7.35. The predicted molar refractivity (Wildman–Crippen MR) is 151 cm³/mol. The summed E-state index contributed by atoms with van der Waals surface area (Å²) >= 11 is 0. The molecule has 4 bridgehead atoms. The number of benzene rings is 1. The number of ether oxygens (including phenoxy) is 2. The zero-order valence-corrected chi connectivity index (χ0v) is 22.7. The molecule has 0 aliphatic heterocycles. The predicted octanol–water partition coefficient (Wildman–Crippen LogP) is 6.68. The highest BCUT2D eigenvalue weighted by Crippen LogP contribution is 2.64. The van der Waals surface area contributed by atoms with Gasteiger partial charge >= 0.3 is 0 Å². The summed E-state index contributed by atoms with van der Waals surface area (Å²) in [6.45, 7) is 3.08. The summed E-state index contributed by atoms with van der Waals surface area (Å²) in [6.07, 6.45) is 9.12. The van der Waals surface area contributed by atoms with Gasteiger partial charge in [-0.15, -0.1) is 0 Å². The second-order valence-corrected chi connectivity index (χ2v) is 11.6. The minimum atomic E-state index is -0.257. The number of aromatic nitrogens is 2. The molecule has 7 nitrogen and oxygen atoms in total. The fraction of sp³-hybridized carbons (Fsp3) is 0.516. The van der Waals surface area contributed by atoms with E-state index in [0.717, 1.165) is 54.6 Å². The second-order valence-electron chi connectivity index (χ2n) is 11.6. The van der Waals surface area contributed by atoms with Gasteiger partial charge in [0, 0.05) is 23.6 Å². The van der Waals surface area contributed by atoms with E-state index in [9.17, 15) is 4.79 Å². The normalized spacial score (nSPS) is 25.1. The van der Waals surface area contributed by atoms with Gasteiger partial charge in [0.2, 0.25) is 5.91 Å². The Balaban J connectivity index is 1.38. The van der Waals surface area contributed by atoms with Crippen molar-refractivity contribution in [2.45, 2.75) is 58.3 Å². The number of unbranched alkanes of at least 4 members (excludes halogenated alkanes) is 2. The van der Waals surface area contributed by atoms with Gasteiger partial charge in [0.25, 0.3) is 0 Å². The first-order valence-corrected chi connectivity index (χ1v) is 14.1. The molecule has 0 spiro atoms. The summed E-state index contributed by atoms with van der Waals surface area (Å²) in [7, 11) is 3.28. The van der Waals surface area contributed by atoms with E-state index in [-0.39, 0.29) is 11.3 Å². The van der Waals surface area contributed by atoms with E-state index in [1.165, 1.54) is 25.7 Å². The molecule has 7 rings (SSSR count). The Labute approximate surface area is 224 Å². The van der Waals surface area contributed by atoms with Crippen LogP contribution in [0, 0.1) is 23.2 Å². The topological polar surface area (TPSA) is 85.4 Å². The lowest BCUT2D eigenvalue weighted by atomic mass is 9.69. The molecule has 7 heteroatoms. The summed E-state index contributed by atoms with van der Waals surface area (Å²) in [5, 5.41) is 7.63. The van der Waals surface area contributed by atoms with Crippen LogP contribution >= 0.6 is 0 Å². The number of nitrogens with zero attached hydrogens (tertiary/aromatic N) is 2. The van der Waals surface area contributed by atoms with Crippen LogP contribution < -0.4 is 20.1 Å². The number of rotatable bonds is 10. The lowest BCUT2D eigenvalue weighted by molar-refractivity contribution is -0.128. The maximum Gasteiger partial charge on any atom is 0.231 e. The maximum atomic E-state index is 13.9. The number of hydrogen-bond donors (Lipinski definition) is 2. The van der Waals surface area contributed by atoms with Crippen molar-refractivity contribution >= 4 is 28.6 Å². The van der Waals surface area contributed by atoms with Crippen LogP contribution in [-0.4, -0.2) is 36.6 Å². The molecule has 4 fully saturated rings. The second kappa shape index (κ2) is 10.1. The van der Waals surface area contributed by atoms with Crippen molar-refractivity contribution < 1.29 is 14.3 Å². The van der Waals surface area contributed by atoms with Crippen LogP contribution in [0.2, 0.25) is 0 Å². The zero-order valence-electron chi connectivity index (χ0n) is 22.7. The van der Waals surface area contributed by atoms with Crippen molar-refractivity contribution in [3.63, 3.8) is 0 Å². The number of pyridine rings is 2. The van der Waals surface area contributed by atoms with Crippen molar-refractivity contribution in [2.24, 2.45) is 23.2 Å². The zero-order chi connectivity index (χ0) is 26.3. The first-order chi connectivity index (χ1) is 18.5. The van der Waals surface area contributed by atoms with Crippen LogP contribution in [0.4, 0.5) is 11.6 Å². The number of fused-ring (bicyclic) bond motifs is 1. The summed E-state index contributed by atoms with van der Waals surface area (Å²) in [6, 6.07) is 11.9. The third kappa shape index (κ3) is 4.56. The maximum absolute atomic E-state index is 13.9. The molecule has 38 heavy (non-hydrogen) atoms. The summed E-state index contributed by atoms with van der Waals surface area (Å²) in [4.78, 5) is 23.7. The summed E-state index contributed by atoms with van der Waals surface area (Å²) in [5.41, 5.74) is 2.07. The Hall–Kier alpha value is -3.35. The number of methoxy groups -OCH3 is 2. The van der Waals surface area contributed by atoms with E-state index < -0.39 is 0 Å². The molecule has 0 saturated heterocycles. The Morgan fingerprint density at radius 2 is 1.71 bits per heavy atom. The number of amides is 1. The molecule has 3 aromatic rings. The molecule has 0 radical (unpaired) electrons. The Bertz CT molecular complexity index is 1310. The van der Waals surface area contributed by atoms with Gasteiger partial charge in [-0.2, -0.15) is 0 Å². The molecule has 2 N–H and O–H groups in total. The molecule has 4 saturated carbocycles. The van der Waals surface area contributed by atoms with Crippen molar-refractivity contribution in [1.82, 2.24) is 9.97 Å². The molecular formula is C31H38N4O3. The molecule has 2 atom stereocenters. The monoisotopic (exact) mass is 514 g/mol. The average Bonchev–Trinajstić information content (AvgIpc) is 3.36. The highest BCUT2D eigenvalue weighted by molar-refractivity contribution is 6.00. The third-order valence-electron chi connectivity index (χ3n) is 9.06. The lowest BCUT2D eigenvalue weighted by Crippen LogP contribution is -2.39. The Morgan fingerprint density at radius 1 is 0.974 bits per heavy atom. The van der Waals surface area contributed by atoms with Crippen LogP contribution in [0.25, 0.3) is 22.2 Å². The first kappa shape index (κ1) is 25.0. The van der Waals surface area contributed by atoms with Gasteiger partial charge in [-0.3, -0.25) is 4.79 Å². The number of carbonyl (C=O) groups excluding carboxylic acids is 1. The quantitative estimate of drug-likeness (QED) is 0.294. The van der Waals surface area contributed by atoms with E-state index in [1.807, 2.05) is 30.3 Å². The fourth-order valence-corrected chi connectivity index (χ4v) is 7.35. The molecule has 4 aliphatic rings. The van der Waals surface area contributed by atoms with Crippen molar-refractivity contribution in [3.8, 4) is 22.6 Å². The highest BCUT2D eigenvalue weighted by Gasteiger charge is 2.59. The molecule has 1 amide bonds. The van der Waals surface area contributed by atoms with Gasteiger partial charge < -0.3 is 20.1 Å². The molecular weight excluding hydrogens is 476 g/mol. The Kier molecular flexibility index (Phi) is 6.62. The molecule has 200 valence electrons. The first-order valence-electron chi connectivity index (χ1n) is 14.1. The van der Waals surface area contributed by atoms with Crippen LogP contribution in [0.15, 0.2) is 36.4 Å². The van der Waals surface area contributed by atoms with Crippen LogP contribution in [0.1, 0.15) is 58.3 Å². The molecule has 2 heterocycles. The van der Waals surface area contributed by atoms with Gasteiger partial charge in [0.1, 0.15) is 23.1 Å². The van der Waals surface area contributed by atoms with Crippen LogP contribution in [0.3, 0.4) is 0 Å². The summed E-state index contributed by atoms with van der Waals surface area (Å²) in [5.74, 6) is 4.98. The minimum Gasteiger partial charge on any atom is -0.497 e. The molecule has 1 aromatic carbocycles. The minimum absolute atomic E-state index is 0.117. The molecule has 2 unspecified atom stereocenters. The van der Waals surface area contributed by atoms with Crippen molar-refractivity contribution in [3.05, 3.63) is 36.4 Å². The summed E-state index contributed by atoms with van der Waals surface area (Å²) < 4.78 is 11.1. The SMILES string of the molecule is CCCCCNc1ccc2cc(-c3cc(OC)cc(OC)c3)c(NC(=O)C34CC5CC(C3)C(C5)C4)nc2n1. The van der Waals surface area contributed by atoms with E-state index in [1.54, 1.807) is 14.2 Å². The van der Waals surface area contributed by atoms with Crippen LogP contribution in [-0.2, 0) is 4.79 Å². The molecule has 2 aromatic heterocycles. The van der Waals surface area contributed by atoms with E-state index >= 15 is 0 Å². The van der Waals surface area contributed by atoms with E-state index in [0.29, 0.717) is 40.7 Å². The van der Waals surface area contributed by atoms with Crippen molar-refractivity contribution in [2.75, 3.05) is 31.4 Å². The largest absolute Gasteiger partial charge is 0.497 e. The number of hydrogen-bond acceptors (Lipinski definition) is 6. The standard InChI is InChI=1S/C31H38N4O3/c1-4-5-6-9-32-27-8-7-20-14-26(21-12-24(37-2)15-25(13-21)38-3)29(34-28(20)33-27)35-30(36)31-16-19-10-22(17-31)23(11-19)18-31/h7-8,12-15,19,22-23H,4-6,9-11,16-18H2,1-3H3,(H2,32,33,34,35,36). The highest BCUT2D eigenvalue weighted by atomic mass is 16.5.